The lowest BCUT2D eigenvalue weighted by Gasteiger charge is -2.13. The van der Waals surface area contributed by atoms with Crippen LogP contribution in [0.4, 0.5) is 5.69 Å². The Kier molecular flexibility index (Phi) is 6.92. The van der Waals surface area contributed by atoms with Gasteiger partial charge in [0.05, 0.1) is 12.2 Å². The highest BCUT2D eigenvalue weighted by Crippen LogP contribution is 2.21. The smallest absolute Gasteiger partial charge is 0.328 e. The quantitative estimate of drug-likeness (QED) is 0.706. The molecule has 0 atom stereocenters. The van der Waals surface area contributed by atoms with Gasteiger partial charge >= 0.3 is 5.97 Å². The number of nitrogens with one attached hydrogen (secondary N) is 2. The minimum absolute atomic E-state index is 0.0700. The van der Waals surface area contributed by atoms with Gasteiger partial charge in [-0.25, -0.2) is 0 Å². The van der Waals surface area contributed by atoms with Crippen molar-refractivity contribution in [3.63, 3.8) is 0 Å². The molecule has 0 aliphatic heterocycles. The Morgan fingerprint density at radius 2 is 1.64 bits per heavy atom. The number of hydrogen-bond donors (Lipinski definition) is 2. The van der Waals surface area contributed by atoms with Crippen molar-refractivity contribution in [1.29, 1.82) is 0 Å². The normalized spacial score (nSPS) is 10.5. The van der Waals surface area contributed by atoms with Crippen LogP contribution in [-0.2, 0) is 25.7 Å². The van der Waals surface area contributed by atoms with Gasteiger partial charge < -0.3 is 15.4 Å². The second-order valence-electron chi connectivity index (χ2n) is 6.84. The van der Waals surface area contributed by atoms with Gasteiger partial charge in [0.1, 0.15) is 6.54 Å². The maximum atomic E-state index is 12.1. The molecule has 0 bridgehead atoms. The van der Waals surface area contributed by atoms with Crippen LogP contribution in [0.2, 0.25) is 0 Å². The van der Waals surface area contributed by atoms with E-state index in [1.807, 2.05) is 52.8 Å². The van der Waals surface area contributed by atoms with E-state index >= 15 is 0 Å². The standard InChI is InChI=1S/C20H26N4O4/c1-12-6-13(2)20(14(3)7-12)22-17(25)9-21-18(26)11-28-19(27)10-24-16(5)8-15(4)23-24/h6-8H,9-11H2,1-5H3,(H,21,26)(H,22,25). The van der Waals surface area contributed by atoms with E-state index in [2.05, 4.69) is 15.7 Å². The van der Waals surface area contributed by atoms with Crippen molar-refractivity contribution < 1.29 is 19.1 Å². The van der Waals surface area contributed by atoms with Crippen molar-refractivity contribution in [2.24, 2.45) is 0 Å². The number of carbonyl (C=O) groups is 3. The molecule has 0 aliphatic rings. The van der Waals surface area contributed by atoms with E-state index in [4.69, 9.17) is 4.74 Å². The molecule has 0 aliphatic carbocycles. The van der Waals surface area contributed by atoms with Crippen molar-refractivity contribution in [3.8, 4) is 0 Å². The van der Waals surface area contributed by atoms with E-state index in [1.54, 1.807) is 0 Å². The van der Waals surface area contributed by atoms with Crippen LogP contribution in [0, 0.1) is 34.6 Å². The fraction of sp³-hybridized carbons (Fsp3) is 0.400. The number of esters is 1. The van der Waals surface area contributed by atoms with Crippen LogP contribution in [0.15, 0.2) is 18.2 Å². The van der Waals surface area contributed by atoms with Gasteiger partial charge in [0, 0.05) is 11.4 Å². The van der Waals surface area contributed by atoms with Gasteiger partial charge in [-0.1, -0.05) is 17.7 Å². The number of benzene rings is 1. The van der Waals surface area contributed by atoms with Crippen molar-refractivity contribution >= 4 is 23.5 Å². The number of carbonyl (C=O) groups excluding carboxylic acids is 3. The number of anilines is 1. The van der Waals surface area contributed by atoms with E-state index in [1.165, 1.54) is 4.68 Å². The van der Waals surface area contributed by atoms with Gasteiger partial charge in [-0.15, -0.1) is 0 Å². The van der Waals surface area contributed by atoms with Crippen molar-refractivity contribution in [2.45, 2.75) is 41.2 Å². The largest absolute Gasteiger partial charge is 0.454 e. The Morgan fingerprint density at radius 1 is 1.00 bits per heavy atom. The molecule has 1 heterocycles. The summed E-state index contributed by atoms with van der Waals surface area (Å²) >= 11 is 0. The summed E-state index contributed by atoms with van der Waals surface area (Å²) in [5, 5.41) is 9.39. The molecule has 2 amide bonds. The van der Waals surface area contributed by atoms with Crippen LogP contribution in [0.3, 0.4) is 0 Å². The van der Waals surface area contributed by atoms with Gasteiger partial charge in [-0.3, -0.25) is 19.1 Å². The van der Waals surface area contributed by atoms with Crippen LogP contribution >= 0.6 is 0 Å². The summed E-state index contributed by atoms with van der Waals surface area (Å²) < 4.78 is 6.44. The summed E-state index contributed by atoms with van der Waals surface area (Å²) in [5.41, 5.74) is 5.39. The van der Waals surface area contributed by atoms with Crippen LogP contribution in [0.5, 0.6) is 0 Å². The number of nitrogens with zero attached hydrogens (tertiary/aromatic N) is 2. The van der Waals surface area contributed by atoms with Crippen LogP contribution in [-0.4, -0.2) is 40.7 Å². The second-order valence-corrected chi connectivity index (χ2v) is 6.84. The van der Waals surface area contributed by atoms with Gasteiger partial charge in [-0.05, 0) is 51.8 Å². The van der Waals surface area contributed by atoms with E-state index in [9.17, 15) is 14.4 Å². The summed E-state index contributed by atoms with van der Waals surface area (Å²) in [6.07, 6.45) is 0. The maximum Gasteiger partial charge on any atom is 0.328 e. The minimum Gasteiger partial charge on any atom is -0.454 e. The molecule has 2 N–H and O–H groups in total. The van der Waals surface area contributed by atoms with E-state index in [0.29, 0.717) is 0 Å². The van der Waals surface area contributed by atoms with Crippen molar-refractivity contribution in [1.82, 2.24) is 15.1 Å². The number of aryl methyl sites for hydroxylation is 5. The third-order valence-corrected chi connectivity index (χ3v) is 4.13. The highest BCUT2D eigenvalue weighted by atomic mass is 16.5. The second kappa shape index (κ2) is 9.16. The average molecular weight is 386 g/mol. The molecule has 1 aromatic carbocycles. The minimum atomic E-state index is -0.572. The Balaban J connectivity index is 1.75. The number of amides is 2. The Morgan fingerprint density at radius 3 is 2.21 bits per heavy atom. The van der Waals surface area contributed by atoms with Crippen LogP contribution in [0.1, 0.15) is 28.1 Å². The molecule has 0 saturated carbocycles. The molecule has 28 heavy (non-hydrogen) atoms. The lowest BCUT2D eigenvalue weighted by molar-refractivity contribution is -0.149. The summed E-state index contributed by atoms with van der Waals surface area (Å²) in [4.78, 5) is 35.7. The summed E-state index contributed by atoms with van der Waals surface area (Å²) in [6, 6.07) is 5.79. The molecular formula is C20H26N4O4. The van der Waals surface area contributed by atoms with Crippen LogP contribution in [0.25, 0.3) is 0 Å². The highest BCUT2D eigenvalue weighted by molar-refractivity contribution is 5.96. The van der Waals surface area contributed by atoms with E-state index in [0.717, 1.165) is 33.8 Å². The van der Waals surface area contributed by atoms with Gasteiger partial charge in [0.15, 0.2) is 6.61 Å². The predicted octanol–water partition coefficient (Wildman–Crippen LogP) is 1.72. The first-order chi connectivity index (χ1) is 13.2. The first-order valence-corrected chi connectivity index (χ1v) is 8.96. The van der Waals surface area contributed by atoms with Crippen LogP contribution < -0.4 is 10.6 Å². The monoisotopic (exact) mass is 386 g/mol. The average Bonchev–Trinajstić information content (AvgIpc) is 2.91. The van der Waals surface area contributed by atoms with E-state index in [-0.39, 0.29) is 19.0 Å². The van der Waals surface area contributed by atoms with Gasteiger partial charge in [0.2, 0.25) is 5.91 Å². The molecule has 8 nitrogen and oxygen atoms in total. The molecule has 0 radical (unpaired) electrons. The first-order valence-electron chi connectivity index (χ1n) is 8.96. The first kappa shape index (κ1) is 21.1. The maximum absolute atomic E-state index is 12.1. The zero-order valence-corrected chi connectivity index (χ0v) is 16.9. The molecule has 0 spiro atoms. The third-order valence-electron chi connectivity index (χ3n) is 4.13. The van der Waals surface area contributed by atoms with Gasteiger partial charge in [0.25, 0.3) is 5.91 Å². The lowest BCUT2D eigenvalue weighted by atomic mass is 10.1. The molecule has 8 heteroatoms. The Bertz CT molecular complexity index is 879. The van der Waals surface area contributed by atoms with E-state index < -0.39 is 18.5 Å². The number of hydrogen-bond acceptors (Lipinski definition) is 5. The zero-order valence-electron chi connectivity index (χ0n) is 16.9. The molecule has 1 aromatic heterocycles. The number of ether oxygens (including phenoxy) is 1. The number of rotatable bonds is 7. The predicted molar refractivity (Wildman–Crippen MR) is 105 cm³/mol. The van der Waals surface area contributed by atoms with Gasteiger partial charge in [-0.2, -0.15) is 5.10 Å². The third kappa shape index (κ3) is 5.94. The molecule has 2 aromatic rings. The fourth-order valence-electron chi connectivity index (χ4n) is 2.94. The van der Waals surface area contributed by atoms with Crippen molar-refractivity contribution in [3.05, 3.63) is 46.3 Å². The molecule has 150 valence electrons. The molecule has 0 saturated heterocycles. The Labute approximate surface area is 164 Å². The molecule has 0 unspecified atom stereocenters. The SMILES string of the molecule is Cc1cc(C)c(NC(=O)CNC(=O)COC(=O)Cn2nc(C)cc2C)c(C)c1. The zero-order chi connectivity index (χ0) is 20.8. The topological polar surface area (TPSA) is 102 Å². The molecule has 2 rings (SSSR count). The number of aromatic nitrogens is 2. The van der Waals surface area contributed by atoms with Crippen molar-refractivity contribution in [2.75, 3.05) is 18.5 Å². The summed E-state index contributed by atoms with van der Waals surface area (Å²) in [5.74, 6) is -1.47. The summed E-state index contributed by atoms with van der Waals surface area (Å²) in [7, 11) is 0. The molecular weight excluding hydrogens is 360 g/mol. The molecule has 0 fully saturated rings. The lowest BCUT2D eigenvalue weighted by Crippen LogP contribution is -2.36. The Hall–Kier alpha value is -3.16. The highest BCUT2D eigenvalue weighted by Gasteiger charge is 2.13. The fourth-order valence-corrected chi connectivity index (χ4v) is 2.94. The summed E-state index contributed by atoms with van der Waals surface area (Å²) in [6.45, 7) is 8.74.